The van der Waals surface area contributed by atoms with Crippen molar-refractivity contribution >= 4 is 0 Å². The highest BCUT2D eigenvalue weighted by atomic mass is 15.2. The van der Waals surface area contributed by atoms with Crippen molar-refractivity contribution in [3.05, 3.63) is 0 Å². The lowest BCUT2D eigenvalue weighted by Crippen LogP contribution is -2.50. The number of hydrogen-bond acceptors (Lipinski definition) is 2. The molecule has 0 amide bonds. The van der Waals surface area contributed by atoms with E-state index in [4.69, 9.17) is 0 Å². The number of nitrogens with one attached hydrogen (secondary N) is 1. The molecular weight excluding hydrogens is 244 g/mol. The molecule has 2 heteroatoms. The van der Waals surface area contributed by atoms with E-state index in [1.54, 1.807) is 19.3 Å². The zero-order chi connectivity index (χ0) is 13.1. The summed E-state index contributed by atoms with van der Waals surface area (Å²) in [4.78, 5) is 2.78. The molecular formula is C18H30N2. The summed E-state index contributed by atoms with van der Waals surface area (Å²) in [5, 5.41) is 4.18. The molecule has 7 atom stereocenters. The van der Waals surface area contributed by atoms with Crippen molar-refractivity contribution in [2.75, 3.05) is 13.1 Å². The van der Waals surface area contributed by atoms with Crippen LogP contribution in [-0.2, 0) is 0 Å². The predicted octanol–water partition coefficient (Wildman–Crippen LogP) is 3.03. The summed E-state index contributed by atoms with van der Waals surface area (Å²) >= 11 is 0. The molecule has 2 aliphatic heterocycles. The largest absolute Gasteiger partial charge is 0.309 e. The number of rotatable bonds is 2. The molecule has 5 aliphatic rings. The van der Waals surface area contributed by atoms with E-state index < -0.39 is 0 Å². The minimum atomic E-state index is 0.833. The molecule has 20 heavy (non-hydrogen) atoms. The fourth-order valence-electron chi connectivity index (χ4n) is 6.98. The lowest BCUT2D eigenvalue weighted by molar-refractivity contribution is 0.154. The van der Waals surface area contributed by atoms with Crippen molar-refractivity contribution in [1.82, 2.24) is 10.2 Å². The molecule has 112 valence electrons. The lowest BCUT2D eigenvalue weighted by atomic mass is 9.78. The van der Waals surface area contributed by atoms with Gasteiger partial charge in [0, 0.05) is 24.7 Å². The summed E-state index contributed by atoms with van der Waals surface area (Å²) < 4.78 is 0. The highest BCUT2D eigenvalue weighted by Crippen LogP contribution is 2.58. The van der Waals surface area contributed by atoms with E-state index >= 15 is 0 Å². The molecule has 2 saturated heterocycles. The average molecular weight is 274 g/mol. The Hall–Kier alpha value is -0.0800. The maximum absolute atomic E-state index is 4.18. The number of hydrogen-bond donors (Lipinski definition) is 1. The fraction of sp³-hybridized carbons (Fsp3) is 1.00. The molecule has 7 unspecified atom stereocenters. The van der Waals surface area contributed by atoms with Gasteiger partial charge in [0.2, 0.25) is 0 Å². The van der Waals surface area contributed by atoms with E-state index in [1.165, 1.54) is 51.6 Å². The average Bonchev–Trinajstić information content (AvgIpc) is 3.19. The predicted molar refractivity (Wildman–Crippen MR) is 81.6 cm³/mol. The molecule has 0 spiro atoms. The first-order valence-electron chi connectivity index (χ1n) is 9.40. The summed E-state index contributed by atoms with van der Waals surface area (Å²) in [5.41, 5.74) is 0. The van der Waals surface area contributed by atoms with Crippen LogP contribution in [0.2, 0.25) is 0 Å². The molecule has 1 N–H and O–H groups in total. The third kappa shape index (κ3) is 1.76. The van der Waals surface area contributed by atoms with Crippen LogP contribution in [0.15, 0.2) is 0 Å². The van der Waals surface area contributed by atoms with Gasteiger partial charge in [-0.2, -0.15) is 0 Å². The summed E-state index contributed by atoms with van der Waals surface area (Å²) in [6.45, 7) is 2.75. The van der Waals surface area contributed by atoms with Crippen LogP contribution < -0.4 is 5.32 Å². The van der Waals surface area contributed by atoms with Gasteiger partial charge in [0.1, 0.15) is 0 Å². The van der Waals surface area contributed by atoms with Gasteiger partial charge >= 0.3 is 0 Å². The minimum Gasteiger partial charge on any atom is -0.309 e. The number of fused-ring (bicyclic) bond motifs is 6. The Morgan fingerprint density at radius 2 is 1.65 bits per heavy atom. The number of piperidine rings is 1. The summed E-state index contributed by atoms with van der Waals surface area (Å²) in [6, 6.07) is 2.62. The molecule has 0 aromatic rings. The van der Waals surface area contributed by atoms with Gasteiger partial charge in [0.25, 0.3) is 0 Å². The van der Waals surface area contributed by atoms with E-state index in [2.05, 4.69) is 10.2 Å². The summed E-state index contributed by atoms with van der Waals surface area (Å²) in [6.07, 6.45) is 13.6. The molecule has 0 aromatic heterocycles. The van der Waals surface area contributed by atoms with E-state index in [0.717, 1.165) is 41.8 Å². The zero-order valence-electron chi connectivity index (χ0n) is 12.8. The molecule has 5 rings (SSSR count). The van der Waals surface area contributed by atoms with Crippen LogP contribution in [0.25, 0.3) is 0 Å². The lowest BCUT2D eigenvalue weighted by Gasteiger charge is -2.37. The number of nitrogens with zero attached hydrogens (tertiary/aromatic N) is 1. The normalized spacial score (nSPS) is 54.3. The van der Waals surface area contributed by atoms with Crippen LogP contribution in [0.4, 0.5) is 0 Å². The molecule has 3 saturated carbocycles. The van der Waals surface area contributed by atoms with Crippen LogP contribution in [0, 0.1) is 23.7 Å². The third-order valence-electron chi connectivity index (χ3n) is 7.71. The Morgan fingerprint density at radius 1 is 0.700 bits per heavy atom. The van der Waals surface area contributed by atoms with Crippen molar-refractivity contribution in [1.29, 1.82) is 0 Å². The van der Waals surface area contributed by atoms with Gasteiger partial charge in [0.15, 0.2) is 0 Å². The Bertz CT molecular complexity index is 382. The van der Waals surface area contributed by atoms with Crippen molar-refractivity contribution in [3.8, 4) is 0 Å². The monoisotopic (exact) mass is 274 g/mol. The van der Waals surface area contributed by atoms with E-state index in [0.29, 0.717) is 0 Å². The summed E-state index contributed by atoms with van der Waals surface area (Å²) in [5.74, 6) is 4.43. The quantitative estimate of drug-likeness (QED) is 0.832. The third-order valence-corrected chi connectivity index (χ3v) is 7.71. The molecule has 2 heterocycles. The maximum Gasteiger partial charge on any atom is 0.0249 e. The summed E-state index contributed by atoms with van der Waals surface area (Å²) in [7, 11) is 0. The van der Waals surface area contributed by atoms with Crippen molar-refractivity contribution in [2.45, 2.75) is 75.9 Å². The topological polar surface area (TPSA) is 15.3 Å². The standard InChI is InChI=1S/C18H30N2/c1-2-8-20-9-7-16(18(20)6-1)19-17-11-12-10-15(17)14-5-3-4-13(12)14/h12-19H,1-11H2. The first-order chi connectivity index (χ1) is 9.90. The Labute approximate surface area is 123 Å². The minimum absolute atomic E-state index is 0.833. The fourth-order valence-corrected chi connectivity index (χ4v) is 6.98. The van der Waals surface area contributed by atoms with Gasteiger partial charge in [-0.25, -0.2) is 0 Å². The van der Waals surface area contributed by atoms with E-state index in [9.17, 15) is 0 Å². The second-order valence-electron chi connectivity index (χ2n) is 8.42. The highest BCUT2D eigenvalue weighted by Gasteiger charge is 2.54. The molecule has 3 aliphatic carbocycles. The first-order valence-corrected chi connectivity index (χ1v) is 9.40. The molecule has 5 fully saturated rings. The Kier molecular flexibility index (Phi) is 2.93. The van der Waals surface area contributed by atoms with Crippen molar-refractivity contribution in [3.63, 3.8) is 0 Å². The van der Waals surface area contributed by atoms with Gasteiger partial charge in [-0.1, -0.05) is 12.8 Å². The van der Waals surface area contributed by atoms with Gasteiger partial charge in [0.05, 0.1) is 0 Å². The molecule has 2 nitrogen and oxygen atoms in total. The van der Waals surface area contributed by atoms with Crippen LogP contribution >= 0.6 is 0 Å². The molecule has 0 radical (unpaired) electrons. The second kappa shape index (κ2) is 4.71. The van der Waals surface area contributed by atoms with E-state index in [-0.39, 0.29) is 0 Å². The zero-order valence-corrected chi connectivity index (χ0v) is 12.8. The van der Waals surface area contributed by atoms with Gasteiger partial charge in [-0.3, -0.25) is 4.90 Å². The Balaban J connectivity index is 1.27. The van der Waals surface area contributed by atoms with Crippen molar-refractivity contribution < 1.29 is 0 Å². The van der Waals surface area contributed by atoms with Gasteiger partial charge in [-0.15, -0.1) is 0 Å². The first kappa shape index (κ1) is 12.5. The van der Waals surface area contributed by atoms with Crippen molar-refractivity contribution in [2.24, 2.45) is 23.7 Å². The van der Waals surface area contributed by atoms with Crippen LogP contribution in [0.5, 0.6) is 0 Å². The molecule has 2 bridgehead atoms. The smallest absolute Gasteiger partial charge is 0.0249 e. The van der Waals surface area contributed by atoms with Crippen LogP contribution in [0.3, 0.4) is 0 Å². The van der Waals surface area contributed by atoms with Gasteiger partial charge < -0.3 is 5.32 Å². The van der Waals surface area contributed by atoms with Gasteiger partial charge in [-0.05, 0) is 75.2 Å². The molecule has 0 aromatic carbocycles. The maximum atomic E-state index is 4.18. The SMILES string of the molecule is C1CC2C3CC(NC4CCN5CCCCC45)C(C3)C2C1. The van der Waals surface area contributed by atoms with E-state index in [1.807, 2.05) is 0 Å². The highest BCUT2D eigenvalue weighted by molar-refractivity contribution is 5.07. The second-order valence-corrected chi connectivity index (χ2v) is 8.42. The Morgan fingerprint density at radius 3 is 2.65 bits per heavy atom. The van der Waals surface area contributed by atoms with Crippen LogP contribution in [-0.4, -0.2) is 36.1 Å². The van der Waals surface area contributed by atoms with Crippen LogP contribution in [0.1, 0.15) is 57.8 Å².